The molecule has 0 saturated heterocycles. The Kier molecular flexibility index (Phi) is 10.9. The molecule has 16 heavy (non-hydrogen) atoms. The van der Waals surface area contributed by atoms with Gasteiger partial charge in [0.2, 0.25) is 0 Å². The van der Waals surface area contributed by atoms with E-state index in [1.165, 1.54) is 0 Å². The zero-order chi connectivity index (χ0) is 13.1. The predicted molar refractivity (Wildman–Crippen MR) is 57.3 cm³/mol. The maximum absolute atomic E-state index is 10.1. The molecule has 0 fully saturated rings. The first kappa shape index (κ1) is 17.1. The fourth-order valence-electron chi connectivity index (χ4n) is 0.344. The molecule has 1 atom stereocenters. The lowest BCUT2D eigenvalue weighted by Gasteiger charge is -2.02. The SMILES string of the molecule is NCC(=O)O.N[C@@H](CSCC(=O)O)C(=O)O. The number of hydrogen-bond acceptors (Lipinski definition) is 6. The molecule has 0 aromatic heterocycles. The van der Waals surface area contributed by atoms with Gasteiger partial charge in [0.05, 0.1) is 12.3 Å². The van der Waals surface area contributed by atoms with Gasteiger partial charge >= 0.3 is 17.9 Å². The molecule has 0 aliphatic carbocycles. The van der Waals surface area contributed by atoms with Gasteiger partial charge in [-0.15, -0.1) is 11.8 Å². The highest BCUT2D eigenvalue weighted by Crippen LogP contribution is 2.00. The first-order valence-corrected chi connectivity index (χ1v) is 5.16. The first-order valence-electron chi connectivity index (χ1n) is 4.01. The summed E-state index contributed by atoms with van der Waals surface area (Å²) in [5, 5.41) is 24.0. The third-order valence-corrected chi connectivity index (χ3v) is 2.06. The Morgan fingerprint density at radius 2 is 1.56 bits per heavy atom. The molecule has 7 N–H and O–H groups in total. The number of carboxylic acids is 3. The summed E-state index contributed by atoms with van der Waals surface area (Å²) >= 11 is 0.992. The van der Waals surface area contributed by atoms with Crippen LogP contribution in [0.25, 0.3) is 0 Å². The summed E-state index contributed by atoms with van der Waals surface area (Å²) in [6, 6.07) is -0.973. The molecule has 0 bridgehead atoms. The van der Waals surface area contributed by atoms with Crippen LogP contribution in [0.4, 0.5) is 0 Å². The van der Waals surface area contributed by atoms with Gasteiger partial charge < -0.3 is 26.8 Å². The van der Waals surface area contributed by atoms with Gasteiger partial charge in [0, 0.05) is 5.75 Å². The Hall–Kier alpha value is -1.32. The van der Waals surface area contributed by atoms with Crippen molar-refractivity contribution in [3.63, 3.8) is 0 Å². The lowest BCUT2D eigenvalue weighted by atomic mass is 10.4. The molecule has 0 aromatic carbocycles. The van der Waals surface area contributed by atoms with Crippen LogP contribution in [0.5, 0.6) is 0 Å². The molecule has 0 amide bonds. The normalized spacial score (nSPS) is 10.9. The highest BCUT2D eigenvalue weighted by atomic mass is 32.2. The molecule has 0 saturated carbocycles. The smallest absolute Gasteiger partial charge is 0.321 e. The zero-order valence-corrected chi connectivity index (χ0v) is 9.14. The van der Waals surface area contributed by atoms with Crippen LogP contribution >= 0.6 is 11.8 Å². The fourth-order valence-corrected chi connectivity index (χ4v) is 1.03. The van der Waals surface area contributed by atoms with E-state index in [0.717, 1.165) is 11.8 Å². The summed E-state index contributed by atoms with van der Waals surface area (Å²) in [5.41, 5.74) is 9.66. The van der Waals surface area contributed by atoms with E-state index >= 15 is 0 Å². The van der Waals surface area contributed by atoms with Crippen molar-refractivity contribution in [2.45, 2.75) is 6.04 Å². The maximum Gasteiger partial charge on any atom is 0.321 e. The van der Waals surface area contributed by atoms with Crippen molar-refractivity contribution < 1.29 is 29.7 Å². The number of rotatable bonds is 6. The van der Waals surface area contributed by atoms with E-state index in [1.807, 2.05) is 0 Å². The summed E-state index contributed by atoms with van der Waals surface area (Å²) in [6.45, 7) is -0.278. The van der Waals surface area contributed by atoms with Crippen molar-refractivity contribution in [1.82, 2.24) is 0 Å². The highest BCUT2D eigenvalue weighted by Gasteiger charge is 2.11. The second-order valence-electron chi connectivity index (χ2n) is 2.45. The van der Waals surface area contributed by atoms with Gasteiger partial charge in [0.25, 0.3) is 0 Å². The van der Waals surface area contributed by atoms with Gasteiger partial charge in [-0.2, -0.15) is 0 Å². The monoisotopic (exact) mass is 254 g/mol. The number of carbonyl (C=O) groups is 3. The highest BCUT2D eigenvalue weighted by molar-refractivity contribution is 8.00. The van der Waals surface area contributed by atoms with Crippen LogP contribution in [-0.2, 0) is 14.4 Å². The topological polar surface area (TPSA) is 164 Å². The van der Waals surface area contributed by atoms with Crippen molar-refractivity contribution in [2.75, 3.05) is 18.1 Å². The molecule has 0 heterocycles. The molecule has 94 valence electrons. The molecular formula is C7H14N2O6S. The third-order valence-electron chi connectivity index (χ3n) is 1.01. The minimum atomic E-state index is -1.11. The second-order valence-corrected chi connectivity index (χ2v) is 3.48. The second kappa shape index (κ2) is 10.2. The van der Waals surface area contributed by atoms with Crippen LogP contribution in [0, 0.1) is 0 Å². The Morgan fingerprint density at radius 1 is 1.12 bits per heavy atom. The van der Waals surface area contributed by atoms with Gasteiger partial charge in [-0.25, -0.2) is 0 Å². The van der Waals surface area contributed by atoms with Crippen LogP contribution in [0.2, 0.25) is 0 Å². The van der Waals surface area contributed by atoms with E-state index in [9.17, 15) is 14.4 Å². The van der Waals surface area contributed by atoms with E-state index < -0.39 is 23.9 Å². The molecule has 9 heteroatoms. The maximum atomic E-state index is 10.1. The number of thioether (sulfide) groups is 1. The van der Waals surface area contributed by atoms with Crippen molar-refractivity contribution in [2.24, 2.45) is 11.5 Å². The Morgan fingerprint density at radius 3 is 1.81 bits per heavy atom. The van der Waals surface area contributed by atoms with Crippen molar-refractivity contribution in [1.29, 1.82) is 0 Å². The summed E-state index contributed by atoms with van der Waals surface area (Å²) in [6.07, 6.45) is 0. The Balaban J connectivity index is 0. The van der Waals surface area contributed by atoms with Crippen molar-refractivity contribution in [3.05, 3.63) is 0 Å². The quantitative estimate of drug-likeness (QED) is 0.369. The van der Waals surface area contributed by atoms with Crippen LogP contribution in [-0.4, -0.2) is 57.3 Å². The summed E-state index contributed by atoms with van der Waals surface area (Å²) in [5.74, 6) is -3.02. The van der Waals surface area contributed by atoms with Gasteiger partial charge in [0.1, 0.15) is 6.04 Å². The zero-order valence-electron chi connectivity index (χ0n) is 8.33. The van der Waals surface area contributed by atoms with Crippen molar-refractivity contribution >= 4 is 29.7 Å². The average Bonchev–Trinajstić information content (AvgIpc) is 2.17. The molecule has 0 aromatic rings. The lowest BCUT2D eigenvalue weighted by molar-refractivity contribution is -0.138. The fraction of sp³-hybridized carbons (Fsp3) is 0.571. The molecule has 0 aliphatic rings. The van der Waals surface area contributed by atoms with Crippen LogP contribution < -0.4 is 11.5 Å². The molecule has 8 nitrogen and oxygen atoms in total. The van der Waals surface area contributed by atoms with E-state index in [0.29, 0.717) is 0 Å². The molecule has 0 radical (unpaired) electrons. The lowest BCUT2D eigenvalue weighted by Crippen LogP contribution is -2.32. The molecular weight excluding hydrogens is 240 g/mol. The number of hydrogen-bond donors (Lipinski definition) is 5. The van der Waals surface area contributed by atoms with Crippen LogP contribution in [0.3, 0.4) is 0 Å². The molecule has 0 rings (SSSR count). The number of aliphatic carboxylic acids is 3. The molecule has 0 spiro atoms. The first-order chi connectivity index (χ1) is 7.31. The van der Waals surface area contributed by atoms with Gasteiger partial charge in [-0.1, -0.05) is 0 Å². The molecule has 0 aliphatic heterocycles. The average molecular weight is 254 g/mol. The predicted octanol–water partition coefficient (Wildman–Crippen LogP) is -1.75. The summed E-state index contributed by atoms with van der Waals surface area (Å²) < 4.78 is 0. The van der Waals surface area contributed by atoms with Crippen LogP contribution in [0.15, 0.2) is 0 Å². The van der Waals surface area contributed by atoms with Crippen molar-refractivity contribution in [3.8, 4) is 0 Å². The summed E-state index contributed by atoms with van der Waals surface area (Å²) in [4.78, 5) is 29.3. The van der Waals surface area contributed by atoms with Crippen LogP contribution in [0.1, 0.15) is 0 Å². The van der Waals surface area contributed by atoms with E-state index in [1.54, 1.807) is 0 Å². The van der Waals surface area contributed by atoms with E-state index in [4.69, 9.17) is 21.1 Å². The number of nitrogens with two attached hydrogens (primary N) is 2. The summed E-state index contributed by atoms with van der Waals surface area (Å²) in [7, 11) is 0. The van der Waals surface area contributed by atoms with Gasteiger partial charge in [-0.05, 0) is 0 Å². The Labute approximate surface area is 95.6 Å². The third kappa shape index (κ3) is 15.2. The van der Waals surface area contributed by atoms with Gasteiger partial charge in [0.15, 0.2) is 0 Å². The number of carboxylic acid groups (broad SMARTS) is 3. The Bertz CT molecular complexity index is 247. The molecule has 0 unspecified atom stereocenters. The van der Waals surface area contributed by atoms with Gasteiger partial charge in [-0.3, -0.25) is 14.4 Å². The largest absolute Gasteiger partial charge is 0.481 e. The standard InChI is InChI=1S/C5H9NO4S.C2H5NO2/c6-3(5(9)10)1-11-2-4(7)8;3-1-2(4)5/h3H,1-2,6H2,(H,7,8)(H,9,10);1,3H2,(H,4,5)/t3-;/m0./s1. The minimum absolute atomic E-state index is 0.110. The van der Waals surface area contributed by atoms with E-state index in [2.05, 4.69) is 5.73 Å². The minimum Gasteiger partial charge on any atom is -0.481 e. The van der Waals surface area contributed by atoms with E-state index in [-0.39, 0.29) is 18.1 Å².